The molecule has 1 aromatic rings. The van der Waals surface area contributed by atoms with Crippen molar-refractivity contribution in [2.45, 2.75) is 58.2 Å². The maximum absolute atomic E-state index is 15.0. The molecule has 3 rings (SSSR count). The zero-order valence-electron chi connectivity index (χ0n) is 17.9. The fourth-order valence-corrected chi connectivity index (χ4v) is 3.72. The minimum absolute atomic E-state index is 0.00836. The first-order valence-electron chi connectivity index (χ1n) is 9.74. The van der Waals surface area contributed by atoms with Crippen LogP contribution in [0, 0.1) is 5.82 Å². The van der Waals surface area contributed by atoms with Crippen molar-refractivity contribution in [3.8, 4) is 0 Å². The van der Waals surface area contributed by atoms with Crippen molar-refractivity contribution in [1.82, 2.24) is 4.31 Å². The standard InChI is InChI=1S/C17H24BF3N2O2S.C3H5N/c1-16(2)17(3,4)25-18(24-16)12-9-11(15(20)21)10-13(14(12)19)22-26-23-7-5-6-8-23;1-3-4-2/h9-10,15,22H,5-8H2,1-4H3;3H,1-2H2. The molecule has 2 aliphatic rings. The summed E-state index contributed by atoms with van der Waals surface area (Å²) in [6.45, 7) is 15.5. The predicted octanol–water partition coefficient (Wildman–Crippen LogP) is 4.96. The van der Waals surface area contributed by atoms with E-state index in [1.54, 1.807) is 0 Å². The Morgan fingerprint density at radius 1 is 1.20 bits per heavy atom. The highest BCUT2D eigenvalue weighted by molar-refractivity contribution is 7.98. The molecule has 2 aliphatic heterocycles. The second-order valence-corrected chi connectivity index (χ2v) is 8.96. The molecule has 5 nitrogen and oxygen atoms in total. The van der Waals surface area contributed by atoms with Crippen LogP contribution >= 0.6 is 12.1 Å². The van der Waals surface area contributed by atoms with Gasteiger partial charge in [-0.25, -0.2) is 17.5 Å². The Hall–Kier alpha value is -1.49. The van der Waals surface area contributed by atoms with Gasteiger partial charge in [-0.15, -0.1) is 0 Å². The van der Waals surface area contributed by atoms with Crippen molar-refractivity contribution >= 4 is 37.1 Å². The highest BCUT2D eigenvalue weighted by Crippen LogP contribution is 2.37. The molecule has 166 valence electrons. The Bertz CT molecular complexity index is 737. The summed E-state index contributed by atoms with van der Waals surface area (Å²) in [6.07, 6.45) is 0.829. The molecule has 2 saturated heterocycles. The third-order valence-corrected chi connectivity index (χ3v) is 6.30. The molecule has 0 bridgehead atoms. The van der Waals surface area contributed by atoms with Crippen molar-refractivity contribution in [3.05, 3.63) is 36.3 Å². The number of hydrogen-bond acceptors (Lipinski definition) is 6. The summed E-state index contributed by atoms with van der Waals surface area (Å²) in [6, 6.07) is 2.28. The van der Waals surface area contributed by atoms with E-state index < -0.39 is 30.6 Å². The Balaban J connectivity index is 0.000000735. The molecule has 0 saturated carbocycles. The number of alkyl halides is 2. The number of hydrogen-bond donors (Lipinski definition) is 1. The van der Waals surface area contributed by atoms with Crippen LogP contribution in [-0.2, 0) is 9.31 Å². The number of nitrogens with zero attached hydrogens (tertiary/aromatic N) is 2. The normalized spacial score (nSPS) is 20.1. The van der Waals surface area contributed by atoms with E-state index in [2.05, 4.69) is 23.0 Å². The van der Waals surface area contributed by atoms with Crippen molar-refractivity contribution in [2.75, 3.05) is 17.8 Å². The Labute approximate surface area is 181 Å². The number of nitrogens with one attached hydrogen (secondary N) is 1. The van der Waals surface area contributed by atoms with E-state index in [1.165, 1.54) is 18.3 Å². The fraction of sp³-hybridized carbons (Fsp3) is 0.550. The second kappa shape index (κ2) is 10.2. The summed E-state index contributed by atoms with van der Waals surface area (Å²) in [5.41, 5.74) is -1.61. The van der Waals surface area contributed by atoms with Gasteiger partial charge in [0.15, 0.2) is 0 Å². The lowest BCUT2D eigenvalue weighted by molar-refractivity contribution is 0.00578. The average molecular weight is 443 g/mol. The van der Waals surface area contributed by atoms with Crippen molar-refractivity contribution in [1.29, 1.82) is 0 Å². The molecule has 30 heavy (non-hydrogen) atoms. The van der Waals surface area contributed by atoms with Crippen LogP contribution in [0.25, 0.3) is 0 Å². The van der Waals surface area contributed by atoms with Gasteiger partial charge in [0.25, 0.3) is 6.43 Å². The van der Waals surface area contributed by atoms with Crippen molar-refractivity contribution in [2.24, 2.45) is 4.99 Å². The van der Waals surface area contributed by atoms with Crippen LogP contribution in [0.4, 0.5) is 18.9 Å². The van der Waals surface area contributed by atoms with E-state index in [0.29, 0.717) is 0 Å². The van der Waals surface area contributed by atoms with Crippen LogP contribution in [-0.4, -0.2) is 42.4 Å². The number of aliphatic imine (C=N–C) groups is 1. The first kappa shape index (κ1) is 24.8. The fourth-order valence-electron chi connectivity index (χ4n) is 2.91. The molecule has 0 atom stereocenters. The summed E-state index contributed by atoms with van der Waals surface area (Å²) >= 11 is 1.24. The molecule has 2 fully saturated rings. The molecular weight excluding hydrogens is 414 g/mol. The van der Waals surface area contributed by atoms with E-state index in [0.717, 1.165) is 38.1 Å². The van der Waals surface area contributed by atoms with Gasteiger partial charge in [-0.1, -0.05) is 12.6 Å². The zero-order chi connectivity index (χ0) is 22.5. The highest BCUT2D eigenvalue weighted by atomic mass is 32.2. The second-order valence-electron chi connectivity index (χ2n) is 8.06. The molecule has 10 heteroatoms. The largest absolute Gasteiger partial charge is 0.497 e. The maximum atomic E-state index is 15.0. The summed E-state index contributed by atoms with van der Waals surface area (Å²) < 4.78 is 58.3. The summed E-state index contributed by atoms with van der Waals surface area (Å²) in [5.74, 6) is -0.625. The number of benzene rings is 1. The van der Waals surface area contributed by atoms with Gasteiger partial charge in [-0.3, -0.25) is 4.99 Å². The van der Waals surface area contributed by atoms with E-state index in [4.69, 9.17) is 9.31 Å². The van der Waals surface area contributed by atoms with Crippen LogP contribution in [0.2, 0.25) is 0 Å². The molecule has 0 radical (unpaired) electrons. The van der Waals surface area contributed by atoms with Crippen LogP contribution in [0.3, 0.4) is 0 Å². The Morgan fingerprint density at radius 2 is 1.73 bits per heavy atom. The minimum Gasteiger partial charge on any atom is -0.399 e. The molecule has 1 aromatic carbocycles. The van der Waals surface area contributed by atoms with Crippen LogP contribution < -0.4 is 10.2 Å². The minimum atomic E-state index is -2.71. The number of rotatable bonds is 6. The van der Waals surface area contributed by atoms with Gasteiger partial charge < -0.3 is 14.0 Å². The lowest BCUT2D eigenvalue weighted by Crippen LogP contribution is -2.41. The average Bonchev–Trinajstić information content (AvgIpc) is 3.26. The highest BCUT2D eigenvalue weighted by Gasteiger charge is 2.52. The zero-order valence-corrected chi connectivity index (χ0v) is 18.7. The van der Waals surface area contributed by atoms with E-state index in [-0.39, 0.29) is 16.7 Å². The smallest absolute Gasteiger partial charge is 0.399 e. The van der Waals surface area contributed by atoms with Gasteiger partial charge in [0.2, 0.25) is 0 Å². The number of halogens is 3. The van der Waals surface area contributed by atoms with Gasteiger partial charge in [0, 0.05) is 42.4 Å². The van der Waals surface area contributed by atoms with E-state index >= 15 is 4.39 Å². The predicted molar refractivity (Wildman–Crippen MR) is 119 cm³/mol. The van der Waals surface area contributed by atoms with E-state index in [9.17, 15) is 8.78 Å². The van der Waals surface area contributed by atoms with Crippen LogP contribution in [0.5, 0.6) is 0 Å². The van der Waals surface area contributed by atoms with Crippen molar-refractivity contribution < 1.29 is 22.5 Å². The maximum Gasteiger partial charge on any atom is 0.497 e. The monoisotopic (exact) mass is 443 g/mol. The first-order valence-corrected chi connectivity index (χ1v) is 10.5. The molecule has 2 heterocycles. The van der Waals surface area contributed by atoms with Gasteiger partial charge in [0.05, 0.1) is 16.9 Å². The number of anilines is 1. The molecule has 0 aromatic heterocycles. The first-order chi connectivity index (χ1) is 14.0. The van der Waals surface area contributed by atoms with Gasteiger partial charge in [-0.2, -0.15) is 0 Å². The lowest BCUT2D eigenvalue weighted by atomic mass is 9.77. The third kappa shape index (κ3) is 5.81. The van der Waals surface area contributed by atoms with Crippen molar-refractivity contribution in [3.63, 3.8) is 0 Å². The molecule has 0 amide bonds. The molecule has 0 spiro atoms. The van der Waals surface area contributed by atoms with Crippen LogP contribution in [0.15, 0.2) is 29.9 Å². The molecule has 1 N–H and O–H groups in total. The van der Waals surface area contributed by atoms with Crippen LogP contribution in [0.1, 0.15) is 52.5 Å². The molecule has 0 aliphatic carbocycles. The SMILES string of the molecule is C=CN=C.CC1(C)OB(c2cc(C(F)F)cc(NSN3CCCC3)c2F)OC1(C)C. The summed E-state index contributed by atoms with van der Waals surface area (Å²) in [7, 11) is -1.03. The quantitative estimate of drug-likeness (QED) is 0.383. The van der Waals surface area contributed by atoms with Gasteiger partial charge >= 0.3 is 7.12 Å². The lowest BCUT2D eigenvalue weighted by Gasteiger charge is -2.32. The summed E-state index contributed by atoms with van der Waals surface area (Å²) in [4.78, 5) is 3.25. The third-order valence-electron chi connectivity index (χ3n) is 5.36. The molecular formula is C20H29BF3N3O2S. The molecule has 0 unspecified atom stereocenters. The Morgan fingerprint density at radius 3 is 2.20 bits per heavy atom. The summed E-state index contributed by atoms with van der Waals surface area (Å²) in [5, 5.41) is 0. The topological polar surface area (TPSA) is 46.1 Å². The van der Waals surface area contributed by atoms with Gasteiger partial charge in [0.1, 0.15) is 5.82 Å². The van der Waals surface area contributed by atoms with E-state index in [1.807, 2.05) is 32.0 Å². The Kier molecular flexibility index (Phi) is 8.44. The van der Waals surface area contributed by atoms with Gasteiger partial charge in [-0.05, 0) is 53.3 Å².